The lowest BCUT2D eigenvalue weighted by Gasteiger charge is -2.13. The van der Waals surface area contributed by atoms with Crippen LogP contribution in [0.5, 0.6) is 51.7 Å². The van der Waals surface area contributed by atoms with E-state index in [9.17, 15) is 30.0 Å². The number of halogens is 5. The molecule has 0 bridgehead atoms. The second-order valence-corrected chi connectivity index (χ2v) is 18.8. The van der Waals surface area contributed by atoms with Gasteiger partial charge in [-0.2, -0.15) is 0 Å². The van der Waals surface area contributed by atoms with Crippen molar-refractivity contribution < 1.29 is 63.2 Å². The summed E-state index contributed by atoms with van der Waals surface area (Å²) in [6.07, 6.45) is 3.07. The van der Waals surface area contributed by atoms with Crippen molar-refractivity contribution >= 4 is 80.8 Å². The van der Waals surface area contributed by atoms with Crippen LogP contribution in [-0.2, 0) is 20.0 Å². The van der Waals surface area contributed by atoms with Crippen molar-refractivity contribution in [1.82, 2.24) is 9.97 Å². The highest BCUT2D eigenvalue weighted by Gasteiger charge is 2.21. The van der Waals surface area contributed by atoms with E-state index < -0.39 is 37.5 Å². The van der Waals surface area contributed by atoms with E-state index in [2.05, 4.69) is 35.3 Å². The van der Waals surface area contributed by atoms with Crippen LogP contribution in [0.4, 0.5) is 24.5 Å². The molecule has 0 aliphatic rings. The summed E-state index contributed by atoms with van der Waals surface area (Å²) in [6, 6.07) is 24.6. The number of sulfonamides is 2. The first-order valence-electron chi connectivity index (χ1n) is 19.8. The molecule has 69 heavy (non-hydrogen) atoms. The van der Waals surface area contributed by atoms with Crippen molar-refractivity contribution in [3.05, 3.63) is 149 Å². The number of rotatable bonds is 15. The van der Waals surface area contributed by atoms with Crippen LogP contribution in [0, 0.1) is 17.5 Å². The van der Waals surface area contributed by atoms with E-state index in [1.165, 1.54) is 84.2 Å². The first-order valence-corrected chi connectivity index (χ1v) is 23.9. The third kappa shape index (κ3) is 11.2. The SMILES string of the molecule is COc1cc(S(=O)(=O)Nc2ccc(Oc3ccnc4cc(OC)c(OC)cc34)cc2F)ccc1F.COc1cc2nccc(Oc3ccc(NS(=O)(=O)c4ccc(Br)c(Cl)c4)c(F)c3)c2cc1OC. The number of pyridine rings is 2. The summed E-state index contributed by atoms with van der Waals surface area (Å²) in [5.74, 6) is 0.342. The first kappa shape index (κ1) is 49.7. The normalized spacial score (nSPS) is 11.3. The maximum atomic E-state index is 14.8. The third-order valence-corrected chi connectivity index (χ3v) is 13.8. The molecule has 0 atom stereocenters. The Morgan fingerprint density at radius 1 is 0.478 bits per heavy atom. The molecule has 0 aliphatic carbocycles. The Morgan fingerprint density at radius 3 is 1.32 bits per heavy atom. The fraction of sp³-hybridized carbons (Fsp3) is 0.106. The second kappa shape index (κ2) is 21.0. The predicted molar refractivity (Wildman–Crippen MR) is 256 cm³/mol. The highest BCUT2D eigenvalue weighted by atomic mass is 79.9. The summed E-state index contributed by atoms with van der Waals surface area (Å²) in [6.45, 7) is 0. The number of benzene rings is 6. The quantitative estimate of drug-likeness (QED) is 0.0990. The number of nitrogens with one attached hydrogen (secondary N) is 2. The zero-order valence-corrected chi connectivity index (χ0v) is 40.6. The molecule has 22 heteroatoms. The zero-order valence-electron chi connectivity index (χ0n) is 36.6. The molecule has 0 saturated carbocycles. The highest BCUT2D eigenvalue weighted by molar-refractivity contribution is 9.10. The van der Waals surface area contributed by atoms with Gasteiger partial charge in [0.1, 0.15) is 23.0 Å². The van der Waals surface area contributed by atoms with Gasteiger partial charge in [-0.15, -0.1) is 0 Å². The molecule has 6 aromatic carbocycles. The van der Waals surface area contributed by atoms with Crippen LogP contribution < -0.4 is 42.6 Å². The summed E-state index contributed by atoms with van der Waals surface area (Å²) < 4.78 is 136. The van der Waals surface area contributed by atoms with Crippen molar-refractivity contribution in [2.75, 3.05) is 45.0 Å². The topological polar surface area (TPSA) is 183 Å². The van der Waals surface area contributed by atoms with Gasteiger partial charge in [0.2, 0.25) is 0 Å². The molecule has 8 rings (SSSR count). The summed E-state index contributed by atoms with van der Waals surface area (Å²) >= 11 is 9.18. The van der Waals surface area contributed by atoms with Gasteiger partial charge in [0, 0.05) is 58.0 Å². The molecule has 0 saturated heterocycles. The van der Waals surface area contributed by atoms with Crippen LogP contribution in [0.25, 0.3) is 21.8 Å². The van der Waals surface area contributed by atoms with E-state index in [1.54, 1.807) is 42.6 Å². The van der Waals surface area contributed by atoms with Crippen molar-refractivity contribution in [2.24, 2.45) is 0 Å². The zero-order chi connectivity index (χ0) is 49.6. The van der Waals surface area contributed by atoms with Gasteiger partial charge >= 0.3 is 0 Å². The van der Waals surface area contributed by atoms with Crippen LogP contribution in [0.2, 0.25) is 5.02 Å². The van der Waals surface area contributed by atoms with Crippen LogP contribution in [0.15, 0.2) is 136 Å². The van der Waals surface area contributed by atoms with Gasteiger partial charge in [-0.3, -0.25) is 19.4 Å². The molecular formula is C47H37BrClF3N4O11S2. The minimum Gasteiger partial charge on any atom is -0.494 e. The molecule has 0 unspecified atom stereocenters. The minimum atomic E-state index is -4.21. The Morgan fingerprint density at radius 2 is 0.899 bits per heavy atom. The van der Waals surface area contributed by atoms with Gasteiger partial charge in [0.25, 0.3) is 20.0 Å². The number of anilines is 2. The van der Waals surface area contributed by atoms with Crippen LogP contribution in [0.3, 0.4) is 0 Å². The first-order chi connectivity index (χ1) is 33.0. The maximum Gasteiger partial charge on any atom is 0.262 e. The average Bonchev–Trinajstić information content (AvgIpc) is 3.33. The number of aromatic nitrogens is 2. The van der Waals surface area contributed by atoms with Gasteiger partial charge < -0.3 is 33.2 Å². The molecule has 0 fully saturated rings. The number of hydrogen-bond acceptors (Lipinski definition) is 13. The number of nitrogens with zero attached hydrogens (tertiary/aromatic N) is 2. The molecular weight excluding hydrogens is 1030 g/mol. The highest BCUT2D eigenvalue weighted by Crippen LogP contribution is 2.39. The molecule has 0 amide bonds. The van der Waals surface area contributed by atoms with Gasteiger partial charge in [0.15, 0.2) is 46.2 Å². The average molecular weight is 1070 g/mol. The summed E-state index contributed by atoms with van der Waals surface area (Å²) in [5.41, 5.74) is 0.608. The number of fused-ring (bicyclic) bond motifs is 2. The second-order valence-electron chi connectivity index (χ2n) is 14.1. The van der Waals surface area contributed by atoms with Crippen LogP contribution in [0.1, 0.15) is 0 Å². The van der Waals surface area contributed by atoms with E-state index in [-0.39, 0.29) is 43.4 Å². The summed E-state index contributed by atoms with van der Waals surface area (Å²) in [7, 11) is -1.02. The number of hydrogen-bond donors (Lipinski definition) is 2. The Kier molecular flexibility index (Phi) is 15.1. The fourth-order valence-corrected chi connectivity index (χ4v) is 9.14. The number of methoxy groups -OCH3 is 5. The lowest BCUT2D eigenvalue weighted by atomic mass is 10.2. The molecule has 358 valence electrons. The lowest BCUT2D eigenvalue weighted by Crippen LogP contribution is -2.14. The van der Waals surface area contributed by atoms with Gasteiger partial charge in [-0.05, 0) is 94.8 Å². The predicted octanol–water partition coefficient (Wildman–Crippen LogP) is 11.5. The van der Waals surface area contributed by atoms with E-state index in [1.807, 2.05) is 0 Å². The molecule has 2 heterocycles. The van der Waals surface area contributed by atoms with Crippen molar-refractivity contribution in [2.45, 2.75) is 9.79 Å². The smallest absolute Gasteiger partial charge is 0.262 e. The Hall–Kier alpha value is -7.20. The Balaban J connectivity index is 0.000000204. The van der Waals surface area contributed by atoms with Crippen molar-refractivity contribution in [3.8, 4) is 51.7 Å². The largest absolute Gasteiger partial charge is 0.494 e. The third-order valence-electron chi connectivity index (χ3n) is 9.87. The fourth-order valence-electron chi connectivity index (χ4n) is 6.47. The van der Waals surface area contributed by atoms with Gasteiger partial charge in [-0.1, -0.05) is 11.6 Å². The standard InChI is InChI=1S/C24H20F2N2O6S.C23H17BrClFN2O5S/c1-31-22-11-15(5-6-17(22)25)35(29,30)28-19-7-4-14(10-18(19)26)34-21-8-9-27-20-13-24(33-3)23(32-2)12-16(20)21;1-31-22-11-15-20(12-23(22)32-2)27-8-7-21(15)33-13-3-6-19(18(26)9-13)28-34(29,30)14-4-5-16(24)17(25)10-14/h4-13,28H,1-3H3;3-12,28H,1-2H3. The molecule has 8 aromatic rings. The van der Waals surface area contributed by atoms with E-state index in [0.29, 0.717) is 60.8 Å². The van der Waals surface area contributed by atoms with Crippen molar-refractivity contribution in [1.29, 1.82) is 0 Å². The van der Waals surface area contributed by atoms with Crippen LogP contribution >= 0.6 is 27.5 Å². The van der Waals surface area contributed by atoms with Crippen molar-refractivity contribution in [3.63, 3.8) is 0 Å². The van der Waals surface area contributed by atoms with Gasteiger partial charge in [-0.25, -0.2) is 30.0 Å². The minimum absolute atomic E-state index is 0.104. The molecule has 15 nitrogen and oxygen atoms in total. The van der Waals surface area contributed by atoms with E-state index >= 15 is 0 Å². The van der Waals surface area contributed by atoms with Gasteiger partial charge in [0.05, 0.1) is 72.8 Å². The number of ether oxygens (including phenoxy) is 7. The Labute approximate surface area is 406 Å². The van der Waals surface area contributed by atoms with E-state index in [4.69, 9.17) is 44.8 Å². The molecule has 0 spiro atoms. The lowest BCUT2D eigenvalue weighted by molar-refractivity contribution is 0.355. The molecule has 2 N–H and O–H groups in total. The maximum absolute atomic E-state index is 14.8. The van der Waals surface area contributed by atoms with E-state index in [0.717, 1.165) is 30.3 Å². The Bertz CT molecular complexity index is 3470. The summed E-state index contributed by atoms with van der Waals surface area (Å²) in [4.78, 5) is 8.20. The van der Waals surface area contributed by atoms with Crippen LogP contribution in [-0.4, -0.2) is 62.4 Å². The molecule has 2 aromatic heterocycles. The summed E-state index contributed by atoms with van der Waals surface area (Å²) in [5, 5.41) is 1.43. The monoisotopic (exact) mass is 1070 g/mol. The molecule has 0 radical (unpaired) electrons. The molecule has 0 aliphatic heterocycles.